The van der Waals surface area contributed by atoms with Gasteiger partial charge >= 0.3 is 5.69 Å². The van der Waals surface area contributed by atoms with Gasteiger partial charge in [-0.25, -0.2) is 4.79 Å². The molecule has 0 radical (unpaired) electrons. The molecule has 2 rings (SSSR count). The van der Waals surface area contributed by atoms with E-state index in [0.717, 1.165) is 12.8 Å². The average molecular weight is 241 g/mol. The quantitative estimate of drug-likeness (QED) is 0.803. The topological polar surface area (TPSA) is 80.9 Å². The first-order valence-corrected chi connectivity index (χ1v) is 6.44. The van der Waals surface area contributed by atoms with E-state index in [9.17, 15) is 9.59 Å². The summed E-state index contributed by atoms with van der Waals surface area (Å²) >= 11 is 1.77. The number of aromatic nitrogens is 2. The predicted molar refractivity (Wildman–Crippen MR) is 65.8 cm³/mol. The maximum Gasteiger partial charge on any atom is 0.329 e. The molecule has 0 unspecified atom stereocenters. The van der Waals surface area contributed by atoms with E-state index in [2.05, 4.69) is 4.98 Å². The summed E-state index contributed by atoms with van der Waals surface area (Å²) in [6.45, 7) is 0.579. The number of thioether (sulfide) groups is 1. The number of nitrogens with one attached hydrogen (secondary N) is 1. The highest BCUT2D eigenvalue weighted by Gasteiger charge is 2.37. The fourth-order valence-corrected chi connectivity index (χ4v) is 2.94. The number of nitrogen functional groups attached to an aromatic ring is 1. The van der Waals surface area contributed by atoms with Crippen molar-refractivity contribution in [1.82, 2.24) is 9.55 Å². The molecule has 0 atom stereocenters. The van der Waals surface area contributed by atoms with E-state index in [1.807, 2.05) is 6.26 Å². The monoisotopic (exact) mass is 241 g/mol. The first kappa shape index (κ1) is 11.3. The van der Waals surface area contributed by atoms with Crippen molar-refractivity contribution in [2.75, 3.05) is 12.0 Å². The van der Waals surface area contributed by atoms with Gasteiger partial charge in [0.25, 0.3) is 5.56 Å². The number of nitrogens with zero attached hydrogens (tertiary/aromatic N) is 1. The van der Waals surface area contributed by atoms with Crippen LogP contribution in [0.3, 0.4) is 0 Å². The van der Waals surface area contributed by atoms with Crippen LogP contribution in [0.2, 0.25) is 0 Å². The number of nitrogens with two attached hydrogens (primary N) is 1. The average Bonchev–Trinajstić information content (AvgIpc) is 2.14. The summed E-state index contributed by atoms with van der Waals surface area (Å²) < 4.78 is 1.58. The van der Waals surface area contributed by atoms with Crippen LogP contribution in [0.4, 0.5) is 5.82 Å². The van der Waals surface area contributed by atoms with Gasteiger partial charge in [-0.1, -0.05) is 6.42 Å². The Kier molecular flexibility index (Phi) is 2.84. The summed E-state index contributed by atoms with van der Waals surface area (Å²) in [7, 11) is 0. The second-order valence-electron chi connectivity index (χ2n) is 4.19. The van der Waals surface area contributed by atoms with E-state index in [4.69, 9.17) is 5.73 Å². The molecule has 0 amide bonds. The normalized spacial score (nSPS) is 18.1. The zero-order valence-corrected chi connectivity index (χ0v) is 9.97. The molecule has 6 heteroatoms. The van der Waals surface area contributed by atoms with Gasteiger partial charge in [0.05, 0.1) is 0 Å². The number of rotatable bonds is 3. The maximum atomic E-state index is 11.6. The number of H-pyrrole nitrogens is 1. The van der Waals surface area contributed by atoms with Gasteiger partial charge in [-0.05, 0) is 19.1 Å². The zero-order valence-electron chi connectivity index (χ0n) is 9.16. The van der Waals surface area contributed by atoms with Crippen molar-refractivity contribution in [3.8, 4) is 0 Å². The minimum absolute atomic E-state index is 0.121. The van der Waals surface area contributed by atoms with Gasteiger partial charge in [-0.15, -0.1) is 0 Å². The van der Waals surface area contributed by atoms with Crippen LogP contribution in [0, 0.1) is 0 Å². The largest absolute Gasteiger partial charge is 0.385 e. The number of anilines is 1. The van der Waals surface area contributed by atoms with Crippen molar-refractivity contribution in [1.29, 1.82) is 0 Å². The minimum atomic E-state index is -0.439. The molecule has 1 aromatic heterocycles. The first-order chi connectivity index (χ1) is 7.56. The van der Waals surface area contributed by atoms with Crippen LogP contribution in [0.25, 0.3) is 0 Å². The number of hydrogen-bond donors (Lipinski definition) is 2. The maximum absolute atomic E-state index is 11.6. The Morgan fingerprint density at radius 2 is 2.25 bits per heavy atom. The van der Waals surface area contributed by atoms with Crippen LogP contribution in [0.15, 0.2) is 15.7 Å². The summed E-state index contributed by atoms with van der Waals surface area (Å²) in [4.78, 5) is 24.9. The SMILES string of the molecule is CSC1(Cn2c(N)cc(=O)[nH]c2=O)CCC1. The summed E-state index contributed by atoms with van der Waals surface area (Å²) in [6, 6.07) is 1.26. The van der Waals surface area contributed by atoms with Crippen LogP contribution in [0.5, 0.6) is 0 Å². The Hall–Kier alpha value is -1.17. The minimum Gasteiger partial charge on any atom is -0.385 e. The third-order valence-corrected chi connectivity index (χ3v) is 4.61. The van der Waals surface area contributed by atoms with Crippen LogP contribution in [-0.4, -0.2) is 20.6 Å². The molecule has 0 aliphatic heterocycles. The van der Waals surface area contributed by atoms with Crippen molar-refractivity contribution in [2.45, 2.75) is 30.6 Å². The fraction of sp³-hybridized carbons (Fsp3) is 0.600. The summed E-state index contributed by atoms with van der Waals surface area (Å²) in [5.74, 6) is 0.245. The highest BCUT2D eigenvalue weighted by atomic mass is 32.2. The molecule has 16 heavy (non-hydrogen) atoms. The molecule has 0 aromatic carbocycles. The van der Waals surface area contributed by atoms with Crippen LogP contribution < -0.4 is 17.0 Å². The van der Waals surface area contributed by atoms with Crippen molar-refractivity contribution >= 4 is 17.6 Å². The molecule has 1 saturated carbocycles. The molecular formula is C10H15N3O2S. The molecular weight excluding hydrogens is 226 g/mol. The van der Waals surface area contributed by atoms with E-state index in [-0.39, 0.29) is 10.6 Å². The lowest BCUT2D eigenvalue weighted by atomic mass is 9.84. The van der Waals surface area contributed by atoms with Gasteiger partial charge in [-0.3, -0.25) is 14.3 Å². The molecule has 0 spiro atoms. The van der Waals surface area contributed by atoms with Gasteiger partial charge in [0.15, 0.2) is 0 Å². The standard InChI is InChI=1S/C10H15N3O2S/c1-16-10(3-2-4-10)6-13-7(11)5-8(14)12-9(13)15/h5H,2-4,6,11H2,1H3,(H,12,14,15). The molecule has 1 aliphatic rings. The molecule has 1 aromatic rings. The Morgan fingerprint density at radius 3 is 2.69 bits per heavy atom. The first-order valence-electron chi connectivity index (χ1n) is 5.21. The van der Waals surface area contributed by atoms with E-state index >= 15 is 0 Å². The summed E-state index contributed by atoms with van der Waals surface area (Å²) in [5, 5.41) is 0. The van der Waals surface area contributed by atoms with Gasteiger partial charge in [-0.2, -0.15) is 11.8 Å². The van der Waals surface area contributed by atoms with E-state index < -0.39 is 11.2 Å². The van der Waals surface area contributed by atoms with Gasteiger partial charge in [0.1, 0.15) is 5.82 Å². The summed E-state index contributed by atoms with van der Waals surface area (Å²) in [6.07, 6.45) is 5.43. The molecule has 1 heterocycles. The Balaban J connectivity index is 2.35. The molecule has 88 valence electrons. The molecule has 0 saturated heterocycles. The Labute approximate surface area is 97.1 Å². The molecule has 1 aliphatic carbocycles. The second kappa shape index (κ2) is 4.01. The number of hydrogen-bond acceptors (Lipinski definition) is 4. The molecule has 1 fully saturated rings. The van der Waals surface area contributed by atoms with Crippen LogP contribution in [0.1, 0.15) is 19.3 Å². The summed E-state index contributed by atoms with van der Waals surface area (Å²) in [5.41, 5.74) is 4.85. The van der Waals surface area contributed by atoms with Crippen LogP contribution >= 0.6 is 11.8 Å². The lowest BCUT2D eigenvalue weighted by molar-refractivity contribution is 0.318. The predicted octanol–water partition coefficient (Wildman–Crippen LogP) is 0.404. The van der Waals surface area contributed by atoms with Crippen molar-refractivity contribution in [3.05, 3.63) is 26.9 Å². The smallest absolute Gasteiger partial charge is 0.329 e. The van der Waals surface area contributed by atoms with E-state index in [0.29, 0.717) is 6.54 Å². The second-order valence-corrected chi connectivity index (χ2v) is 5.46. The number of aromatic amines is 1. The van der Waals surface area contributed by atoms with Gasteiger partial charge < -0.3 is 5.73 Å². The van der Waals surface area contributed by atoms with Crippen LogP contribution in [-0.2, 0) is 6.54 Å². The lowest BCUT2D eigenvalue weighted by Gasteiger charge is -2.40. The van der Waals surface area contributed by atoms with E-state index in [1.165, 1.54) is 17.1 Å². The highest BCUT2D eigenvalue weighted by molar-refractivity contribution is 8.00. The highest BCUT2D eigenvalue weighted by Crippen LogP contribution is 2.43. The van der Waals surface area contributed by atoms with E-state index in [1.54, 1.807) is 11.8 Å². The molecule has 5 nitrogen and oxygen atoms in total. The Morgan fingerprint density at radius 1 is 1.56 bits per heavy atom. The fourth-order valence-electron chi connectivity index (χ4n) is 1.99. The van der Waals surface area contributed by atoms with Crippen molar-refractivity contribution in [2.24, 2.45) is 0 Å². The molecule has 3 N–H and O–H groups in total. The van der Waals surface area contributed by atoms with Gasteiger partial charge in [0, 0.05) is 17.4 Å². The Bertz CT molecular complexity index is 496. The van der Waals surface area contributed by atoms with Crippen molar-refractivity contribution in [3.63, 3.8) is 0 Å². The molecule has 0 bridgehead atoms. The van der Waals surface area contributed by atoms with Crippen molar-refractivity contribution < 1.29 is 0 Å². The third kappa shape index (κ3) is 1.89. The van der Waals surface area contributed by atoms with Gasteiger partial charge in [0.2, 0.25) is 0 Å². The zero-order chi connectivity index (χ0) is 11.8. The third-order valence-electron chi connectivity index (χ3n) is 3.21. The lowest BCUT2D eigenvalue weighted by Crippen LogP contribution is -2.43.